The van der Waals surface area contributed by atoms with Gasteiger partial charge in [0.15, 0.2) is 0 Å². The summed E-state index contributed by atoms with van der Waals surface area (Å²) in [7, 11) is 0. The third kappa shape index (κ3) is 2.76. The Balaban J connectivity index is 2.09. The van der Waals surface area contributed by atoms with Gasteiger partial charge in [-0.15, -0.1) is 0 Å². The van der Waals surface area contributed by atoms with E-state index >= 15 is 0 Å². The molecule has 0 aliphatic carbocycles. The average Bonchev–Trinajstić information content (AvgIpc) is 2.38. The topological polar surface area (TPSA) is 25.2 Å². The molecule has 0 aliphatic rings. The van der Waals surface area contributed by atoms with Crippen LogP contribution in [0.5, 0.6) is 0 Å². The molecule has 2 rings (SSSR count). The van der Waals surface area contributed by atoms with Crippen molar-refractivity contribution in [1.82, 2.24) is 4.98 Å². The number of nitrogens with zero attached hydrogens (tertiary/aromatic N) is 2. The molecule has 0 amide bonds. The van der Waals surface area contributed by atoms with Crippen molar-refractivity contribution in [3.63, 3.8) is 0 Å². The van der Waals surface area contributed by atoms with Gasteiger partial charge in [-0.2, -0.15) is 0 Å². The molecule has 0 saturated carbocycles. The molecule has 0 saturated heterocycles. The van der Waals surface area contributed by atoms with E-state index in [0.717, 1.165) is 17.8 Å². The maximum atomic E-state index is 4.54. The summed E-state index contributed by atoms with van der Waals surface area (Å²) in [6, 6.07) is 14.2. The van der Waals surface area contributed by atoms with E-state index in [0.29, 0.717) is 0 Å². The van der Waals surface area contributed by atoms with Crippen molar-refractivity contribution in [1.29, 1.82) is 0 Å². The minimum Gasteiger partial charge on any atom is -0.285 e. The van der Waals surface area contributed by atoms with Crippen LogP contribution < -0.4 is 0 Å². The molecule has 0 atom stereocenters. The maximum absolute atomic E-state index is 4.54. The fourth-order valence-corrected chi connectivity index (χ4v) is 1.46. The summed E-state index contributed by atoms with van der Waals surface area (Å²) in [5.41, 5.74) is 3.33. The third-order valence-electron chi connectivity index (χ3n) is 2.42. The van der Waals surface area contributed by atoms with E-state index in [1.54, 1.807) is 6.20 Å². The summed E-state index contributed by atoms with van der Waals surface area (Å²) in [5.74, 6) is 0. The van der Waals surface area contributed by atoms with Crippen molar-refractivity contribution < 1.29 is 0 Å². The first-order valence-corrected chi connectivity index (χ1v) is 5.31. The Bertz CT molecular complexity index is 461. The maximum Gasteiger partial charge on any atom is 0.0643 e. The van der Waals surface area contributed by atoms with Gasteiger partial charge in [-0.1, -0.05) is 36.4 Å². The van der Waals surface area contributed by atoms with Crippen molar-refractivity contribution in [2.75, 3.05) is 0 Å². The number of pyridine rings is 1. The lowest BCUT2D eigenvalue weighted by Gasteiger charge is -2.00. The standard InChI is InChI=1S/C14H14N2/c1-12(14-8-5-9-15-11-14)16-10-13-6-3-2-4-7-13/h2-9,11H,10H2,1H3. The quantitative estimate of drug-likeness (QED) is 0.715. The average molecular weight is 210 g/mol. The second-order valence-electron chi connectivity index (χ2n) is 3.63. The minimum absolute atomic E-state index is 0.724. The lowest BCUT2D eigenvalue weighted by atomic mass is 10.2. The lowest BCUT2D eigenvalue weighted by molar-refractivity contribution is 1.06. The fourth-order valence-electron chi connectivity index (χ4n) is 1.46. The molecule has 0 unspecified atom stereocenters. The van der Waals surface area contributed by atoms with E-state index in [1.165, 1.54) is 5.56 Å². The third-order valence-corrected chi connectivity index (χ3v) is 2.42. The number of hydrogen-bond acceptors (Lipinski definition) is 2. The molecule has 0 N–H and O–H groups in total. The highest BCUT2D eigenvalue weighted by molar-refractivity contribution is 5.98. The number of aromatic nitrogens is 1. The van der Waals surface area contributed by atoms with E-state index in [9.17, 15) is 0 Å². The fraction of sp³-hybridized carbons (Fsp3) is 0.143. The summed E-state index contributed by atoms with van der Waals surface area (Å²) >= 11 is 0. The van der Waals surface area contributed by atoms with Gasteiger partial charge < -0.3 is 0 Å². The molecule has 1 aromatic carbocycles. The number of aliphatic imine (C=N–C) groups is 1. The van der Waals surface area contributed by atoms with Gasteiger partial charge in [0, 0.05) is 23.7 Å². The molecule has 0 radical (unpaired) electrons. The van der Waals surface area contributed by atoms with Gasteiger partial charge in [0.1, 0.15) is 0 Å². The van der Waals surface area contributed by atoms with Crippen LogP contribution in [-0.4, -0.2) is 10.7 Å². The molecule has 2 aromatic rings. The smallest absolute Gasteiger partial charge is 0.0643 e. The minimum atomic E-state index is 0.724. The zero-order valence-electron chi connectivity index (χ0n) is 9.30. The highest BCUT2D eigenvalue weighted by Gasteiger charge is 1.95. The first-order valence-electron chi connectivity index (χ1n) is 5.31. The Hall–Kier alpha value is -1.96. The van der Waals surface area contributed by atoms with Crippen molar-refractivity contribution in [3.05, 3.63) is 66.0 Å². The zero-order valence-corrected chi connectivity index (χ0v) is 9.30. The van der Waals surface area contributed by atoms with E-state index in [4.69, 9.17) is 0 Å². The normalized spacial score (nSPS) is 11.4. The van der Waals surface area contributed by atoms with E-state index in [-0.39, 0.29) is 0 Å². The molecule has 16 heavy (non-hydrogen) atoms. The summed E-state index contributed by atoms with van der Waals surface area (Å²) in [4.78, 5) is 8.62. The molecule has 2 heteroatoms. The molecule has 0 aliphatic heterocycles. The van der Waals surface area contributed by atoms with Crippen molar-refractivity contribution in [3.8, 4) is 0 Å². The molecule has 80 valence electrons. The van der Waals surface area contributed by atoms with Crippen LogP contribution >= 0.6 is 0 Å². The van der Waals surface area contributed by atoms with Crippen molar-refractivity contribution in [2.45, 2.75) is 13.5 Å². The first-order chi connectivity index (χ1) is 7.86. The predicted molar refractivity (Wildman–Crippen MR) is 66.6 cm³/mol. The second kappa shape index (κ2) is 5.21. The number of hydrogen-bond donors (Lipinski definition) is 0. The van der Waals surface area contributed by atoms with Gasteiger partial charge in [0.05, 0.1) is 6.54 Å². The van der Waals surface area contributed by atoms with Gasteiger partial charge in [0.25, 0.3) is 0 Å². The molecule has 1 heterocycles. The Kier molecular flexibility index (Phi) is 3.44. The Morgan fingerprint density at radius 3 is 2.62 bits per heavy atom. The van der Waals surface area contributed by atoms with Crippen LogP contribution in [0.3, 0.4) is 0 Å². The number of benzene rings is 1. The zero-order chi connectivity index (χ0) is 11.2. The molecule has 0 spiro atoms. The van der Waals surface area contributed by atoms with Gasteiger partial charge in [-0.3, -0.25) is 9.98 Å². The Labute approximate surface area is 95.7 Å². The molecule has 0 fully saturated rings. The van der Waals surface area contributed by atoms with Gasteiger partial charge >= 0.3 is 0 Å². The second-order valence-corrected chi connectivity index (χ2v) is 3.63. The molecule has 0 bridgehead atoms. The van der Waals surface area contributed by atoms with E-state index in [1.807, 2.05) is 43.5 Å². The summed E-state index contributed by atoms with van der Waals surface area (Å²) < 4.78 is 0. The van der Waals surface area contributed by atoms with Crippen LogP contribution in [0.2, 0.25) is 0 Å². The van der Waals surface area contributed by atoms with Gasteiger partial charge in [-0.05, 0) is 18.6 Å². The highest BCUT2D eigenvalue weighted by atomic mass is 14.7. The van der Waals surface area contributed by atoms with Crippen molar-refractivity contribution in [2.24, 2.45) is 4.99 Å². The van der Waals surface area contributed by atoms with Crippen LogP contribution in [-0.2, 0) is 6.54 Å². The SMILES string of the molecule is CC(=NCc1ccccc1)c1cccnc1. The van der Waals surface area contributed by atoms with Crippen LogP contribution in [0.4, 0.5) is 0 Å². The van der Waals surface area contributed by atoms with Gasteiger partial charge in [-0.25, -0.2) is 0 Å². The van der Waals surface area contributed by atoms with Crippen molar-refractivity contribution >= 4 is 5.71 Å². The molecular weight excluding hydrogens is 196 g/mol. The van der Waals surface area contributed by atoms with Crippen LogP contribution in [0.1, 0.15) is 18.1 Å². The molecule has 2 nitrogen and oxygen atoms in total. The largest absolute Gasteiger partial charge is 0.285 e. The number of rotatable bonds is 3. The predicted octanol–water partition coefficient (Wildman–Crippen LogP) is 3.09. The van der Waals surface area contributed by atoms with Crippen LogP contribution in [0.15, 0.2) is 59.9 Å². The first kappa shape index (κ1) is 10.6. The Morgan fingerprint density at radius 2 is 1.94 bits per heavy atom. The van der Waals surface area contributed by atoms with E-state index < -0.39 is 0 Å². The van der Waals surface area contributed by atoms with E-state index in [2.05, 4.69) is 22.1 Å². The van der Waals surface area contributed by atoms with Crippen LogP contribution in [0, 0.1) is 0 Å². The van der Waals surface area contributed by atoms with Gasteiger partial charge in [0.2, 0.25) is 0 Å². The monoisotopic (exact) mass is 210 g/mol. The summed E-state index contributed by atoms with van der Waals surface area (Å²) in [5, 5.41) is 0. The Morgan fingerprint density at radius 1 is 1.12 bits per heavy atom. The summed E-state index contributed by atoms with van der Waals surface area (Å²) in [6.45, 7) is 2.74. The molecule has 1 aromatic heterocycles. The molecular formula is C14H14N2. The lowest BCUT2D eigenvalue weighted by Crippen LogP contribution is -1.96. The summed E-state index contributed by atoms with van der Waals surface area (Å²) in [6.07, 6.45) is 3.61. The highest BCUT2D eigenvalue weighted by Crippen LogP contribution is 2.03. The van der Waals surface area contributed by atoms with Crippen LogP contribution in [0.25, 0.3) is 0 Å².